The van der Waals surface area contributed by atoms with E-state index in [2.05, 4.69) is 16.9 Å². The Labute approximate surface area is 110 Å². The van der Waals surface area contributed by atoms with E-state index in [1.807, 2.05) is 0 Å². The molecule has 2 N–H and O–H groups in total. The van der Waals surface area contributed by atoms with Crippen LogP contribution in [0.1, 0.15) is 13.8 Å². The number of alkyl halides is 2. The summed E-state index contributed by atoms with van der Waals surface area (Å²) in [6, 6.07) is 0. The number of allylic oxidation sites excluding steroid dienone is 2. The van der Waals surface area contributed by atoms with Gasteiger partial charge < -0.3 is 15.6 Å². The molecular weight excluding hydrogens is 250 g/mol. The minimum absolute atomic E-state index is 0.161. The van der Waals surface area contributed by atoms with E-state index in [-0.39, 0.29) is 6.54 Å². The van der Waals surface area contributed by atoms with Crippen molar-refractivity contribution < 1.29 is 8.78 Å². The van der Waals surface area contributed by atoms with E-state index >= 15 is 0 Å². The first-order valence-electron chi connectivity index (χ1n) is 5.88. The molecule has 0 spiro atoms. The zero-order valence-electron chi connectivity index (χ0n) is 10.9. The monoisotopic (exact) mass is 266 g/mol. The number of hydrogen-bond acceptors (Lipinski definition) is 4. The Kier molecular flexibility index (Phi) is 3.26. The van der Waals surface area contributed by atoms with Gasteiger partial charge in [0.2, 0.25) is 0 Å². The summed E-state index contributed by atoms with van der Waals surface area (Å²) in [7, 11) is 0. The Morgan fingerprint density at radius 3 is 2.89 bits per heavy atom. The van der Waals surface area contributed by atoms with E-state index in [9.17, 15) is 8.78 Å². The Morgan fingerprint density at radius 1 is 1.68 bits per heavy atom. The second kappa shape index (κ2) is 4.60. The smallest absolute Gasteiger partial charge is 0.251 e. The molecule has 2 aliphatic heterocycles. The van der Waals surface area contributed by atoms with E-state index in [1.54, 1.807) is 11.8 Å². The Morgan fingerprint density at radius 2 is 2.37 bits per heavy atom. The number of halogens is 2. The van der Waals surface area contributed by atoms with Crippen LogP contribution in [0, 0.1) is 10.8 Å². The van der Waals surface area contributed by atoms with Crippen LogP contribution in [0.3, 0.4) is 0 Å². The minimum Gasteiger partial charge on any atom is -0.345 e. The average molecular weight is 266 g/mol. The lowest BCUT2D eigenvalue weighted by atomic mass is 9.88. The van der Waals surface area contributed by atoms with Crippen molar-refractivity contribution in [2.45, 2.75) is 20.3 Å². The maximum Gasteiger partial charge on any atom is 0.251 e. The van der Waals surface area contributed by atoms with Crippen LogP contribution in [0.4, 0.5) is 8.78 Å². The molecule has 2 rings (SSSR count). The summed E-state index contributed by atoms with van der Waals surface area (Å²) in [6.45, 7) is 6.91. The van der Waals surface area contributed by atoms with Gasteiger partial charge in [0.15, 0.2) is 0 Å². The van der Waals surface area contributed by atoms with Crippen LogP contribution in [0.25, 0.3) is 0 Å². The molecule has 2 heterocycles. The van der Waals surface area contributed by atoms with Crippen LogP contribution in [0.5, 0.6) is 0 Å². The average Bonchev–Trinajstić information content (AvgIpc) is 2.63. The zero-order chi connectivity index (χ0) is 14.2. The van der Waals surface area contributed by atoms with Crippen LogP contribution in [-0.2, 0) is 0 Å². The van der Waals surface area contributed by atoms with Gasteiger partial charge in [-0.05, 0) is 20.0 Å². The number of rotatable bonds is 3. The molecule has 0 radical (unpaired) electrons. The standard InChI is InChI=1S/C13H16F2N4/c1-4-19-7-13(3,12(14)15)11-9(19)6-17-10(18-11)5-8(2)16/h4-6,12,16,18H,1,7H2,2-3H3/b10-5-,16-8?. The number of nitrogens with zero attached hydrogens (tertiary/aromatic N) is 2. The Balaban J connectivity index is 2.42. The van der Waals surface area contributed by atoms with Gasteiger partial charge in [0.05, 0.1) is 23.0 Å². The van der Waals surface area contributed by atoms with E-state index in [1.165, 1.54) is 25.4 Å². The molecule has 1 atom stereocenters. The lowest BCUT2D eigenvalue weighted by molar-refractivity contribution is 0.0287. The summed E-state index contributed by atoms with van der Waals surface area (Å²) in [5.74, 6) is 0.407. The summed E-state index contributed by atoms with van der Waals surface area (Å²) in [4.78, 5) is 5.79. The first kappa shape index (κ1) is 13.5. The lowest BCUT2D eigenvalue weighted by Crippen LogP contribution is -2.36. The van der Waals surface area contributed by atoms with Crippen LogP contribution in [0.2, 0.25) is 0 Å². The zero-order valence-corrected chi connectivity index (χ0v) is 10.9. The Hall–Kier alpha value is -1.98. The largest absolute Gasteiger partial charge is 0.345 e. The topological polar surface area (TPSA) is 51.5 Å². The number of nitrogens with one attached hydrogen (secondary N) is 2. The molecule has 4 nitrogen and oxygen atoms in total. The van der Waals surface area contributed by atoms with Crippen LogP contribution >= 0.6 is 0 Å². The van der Waals surface area contributed by atoms with Gasteiger partial charge in [-0.2, -0.15) is 0 Å². The summed E-state index contributed by atoms with van der Waals surface area (Å²) in [5, 5.41) is 10.3. The molecule has 0 aromatic rings. The molecule has 6 heteroatoms. The summed E-state index contributed by atoms with van der Waals surface area (Å²) in [5.41, 5.74) is 0.0637. The highest BCUT2D eigenvalue weighted by Crippen LogP contribution is 2.43. The molecule has 0 aromatic carbocycles. The van der Waals surface area contributed by atoms with E-state index < -0.39 is 11.8 Å². The third-order valence-electron chi connectivity index (χ3n) is 3.27. The Bertz CT molecular complexity index is 519. The third kappa shape index (κ3) is 2.18. The van der Waals surface area contributed by atoms with Crippen LogP contribution in [-0.4, -0.2) is 29.8 Å². The van der Waals surface area contributed by atoms with Gasteiger partial charge in [-0.25, -0.2) is 13.8 Å². The fraction of sp³-hybridized carbons (Fsp3) is 0.385. The minimum atomic E-state index is -2.50. The predicted octanol–water partition coefficient (Wildman–Crippen LogP) is 2.48. The predicted molar refractivity (Wildman–Crippen MR) is 71.2 cm³/mol. The summed E-state index contributed by atoms with van der Waals surface area (Å²) in [6.07, 6.45) is 2.06. The highest BCUT2D eigenvalue weighted by atomic mass is 19.3. The highest BCUT2D eigenvalue weighted by Gasteiger charge is 2.48. The van der Waals surface area contributed by atoms with E-state index in [0.717, 1.165) is 0 Å². The molecule has 19 heavy (non-hydrogen) atoms. The first-order valence-corrected chi connectivity index (χ1v) is 5.88. The maximum absolute atomic E-state index is 13.4. The first-order chi connectivity index (χ1) is 8.88. The van der Waals surface area contributed by atoms with Crippen molar-refractivity contribution in [3.05, 3.63) is 36.1 Å². The highest BCUT2D eigenvalue weighted by molar-refractivity contribution is 5.91. The SMILES string of the molecule is C=CN1CC(C)(C(F)F)C2=C1C=N/C(=C/C(C)=N)N2. The molecule has 0 saturated heterocycles. The van der Waals surface area contributed by atoms with Gasteiger partial charge >= 0.3 is 0 Å². The lowest BCUT2D eigenvalue weighted by Gasteiger charge is -2.27. The van der Waals surface area contributed by atoms with Crippen molar-refractivity contribution >= 4 is 11.9 Å². The fourth-order valence-corrected chi connectivity index (χ4v) is 2.21. The van der Waals surface area contributed by atoms with Crippen molar-refractivity contribution in [1.29, 1.82) is 5.41 Å². The molecule has 0 bridgehead atoms. The van der Waals surface area contributed by atoms with Gasteiger partial charge in [0.25, 0.3) is 6.43 Å². The molecule has 0 aliphatic carbocycles. The maximum atomic E-state index is 13.4. The number of hydrogen-bond donors (Lipinski definition) is 2. The molecule has 2 aliphatic rings. The number of aliphatic imine (C=N–C) groups is 1. The normalized spacial score (nSPS) is 27.8. The van der Waals surface area contributed by atoms with Gasteiger partial charge in [-0.15, -0.1) is 0 Å². The van der Waals surface area contributed by atoms with Crippen molar-refractivity contribution in [3.8, 4) is 0 Å². The molecule has 0 amide bonds. The molecule has 102 valence electrons. The van der Waals surface area contributed by atoms with Gasteiger partial charge in [-0.3, -0.25) is 0 Å². The van der Waals surface area contributed by atoms with Crippen molar-refractivity contribution in [2.75, 3.05) is 6.54 Å². The van der Waals surface area contributed by atoms with E-state index in [0.29, 0.717) is 22.9 Å². The van der Waals surface area contributed by atoms with Crippen molar-refractivity contribution in [1.82, 2.24) is 10.2 Å². The fourth-order valence-electron chi connectivity index (χ4n) is 2.21. The van der Waals surface area contributed by atoms with Gasteiger partial charge in [0.1, 0.15) is 5.82 Å². The van der Waals surface area contributed by atoms with E-state index in [4.69, 9.17) is 5.41 Å². The molecular formula is C13H16F2N4. The van der Waals surface area contributed by atoms with Crippen LogP contribution in [0.15, 0.2) is 41.1 Å². The quantitative estimate of drug-likeness (QED) is 0.771. The summed E-state index contributed by atoms with van der Waals surface area (Å²) < 4.78 is 26.7. The molecule has 0 aromatic heterocycles. The molecule has 0 fully saturated rings. The third-order valence-corrected chi connectivity index (χ3v) is 3.27. The molecule has 0 saturated carbocycles. The van der Waals surface area contributed by atoms with Crippen molar-refractivity contribution in [2.24, 2.45) is 10.4 Å². The second-order valence-electron chi connectivity index (χ2n) is 4.88. The van der Waals surface area contributed by atoms with Gasteiger partial charge in [0, 0.05) is 18.3 Å². The summed E-state index contributed by atoms with van der Waals surface area (Å²) >= 11 is 0. The van der Waals surface area contributed by atoms with Crippen LogP contribution < -0.4 is 5.32 Å². The van der Waals surface area contributed by atoms with Gasteiger partial charge in [-0.1, -0.05) is 6.58 Å². The molecule has 1 unspecified atom stereocenters. The second-order valence-corrected chi connectivity index (χ2v) is 4.88. The van der Waals surface area contributed by atoms with Crippen molar-refractivity contribution in [3.63, 3.8) is 0 Å².